The van der Waals surface area contributed by atoms with E-state index in [9.17, 15) is 15.2 Å². The highest BCUT2D eigenvalue weighted by Gasteiger charge is 2.34. The maximum atomic E-state index is 11.2. The van der Waals surface area contributed by atoms with Gasteiger partial charge in [-0.05, 0) is 32.6 Å². The van der Waals surface area contributed by atoms with Crippen molar-refractivity contribution in [2.24, 2.45) is 0 Å². The first kappa shape index (κ1) is 15.0. The summed E-state index contributed by atoms with van der Waals surface area (Å²) >= 11 is 5.97. The van der Waals surface area contributed by atoms with Gasteiger partial charge in [-0.15, -0.1) is 0 Å². The summed E-state index contributed by atoms with van der Waals surface area (Å²) in [6.07, 6.45) is 0.125. The number of β-amino-alcohol motifs (C(OH)–C–C–N with tert-alkyl or cyclic N) is 1. The fraction of sp³-hybridized carbons (Fsp3) is 0.538. The standard InChI is InChI=1S/C13H18ClN3O3/c1-15(2)7-10-6-11(18)8-16(10)13-5-9(14)3-4-12(13)17(19)20/h3-5,10-11,18H,6-8H2,1-2H3. The van der Waals surface area contributed by atoms with Crippen LogP contribution in [0.4, 0.5) is 11.4 Å². The van der Waals surface area contributed by atoms with Crippen LogP contribution in [0.3, 0.4) is 0 Å². The molecule has 1 heterocycles. The van der Waals surface area contributed by atoms with Crippen LogP contribution in [0.1, 0.15) is 6.42 Å². The zero-order valence-electron chi connectivity index (χ0n) is 11.5. The quantitative estimate of drug-likeness (QED) is 0.677. The summed E-state index contributed by atoms with van der Waals surface area (Å²) in [5.41, 5.74) is 0.498. The molecule has 110 valence electrons. The minimum atomic E-state index is -0.474. The highest BCUT2D eigenvalue weighted by atomic mass is 35.5. The van der Waals surface area contributed by atoms with Crippen LogP contribution in [0, 0.1) is 10.1 Å². The SMILES string of the molecule is CN(C)CC1CC(O)CN1c1cc(Cl)ccc1[N+](=O)[O-]. The first-order valence-corrected chi connectivity index (χ1v) is 6.79. The van der Waals surface area contributed by atoms with E-state index in [1.165, 1.54) is 12.1 Å². The average molecular weight is 300 g/mol. The largest absolute Gasteiger partial charge is 0.391 e. The fourth-order valence-electron chi connectivity index (χ4n) is 2.66. The second kappa shape index (κ2) is 5.95. The van der Waals surface area contributed by atoms with Gasteiger partial charge in [0.05, 0.1) is 11.0 Å². The van der Waals surface area contributed by atoms with E-state index in [2.05, 4.69) is 0 Å². The third kappa shape index (κ3) is 3.20. The van der Waals surface area contributed by atoms with Gasteiger partial charge in [-0.3, -0.25) is 10.1 Å². The molecule has 0 spiro atoms. The summed E-state index contributed by atoms with van der Waals surface area (Å²) < 4.78 is 0. The Kier molecular flexibility index (Phi) is 4.47. The number of benzene rings is 1. The van der Waals surface area contributed by atoms with E-state index < -0.39 is 11.0 Å². The predicted molar refractivity (Wildman–Crippen MR) is 78.4 cm³/mol. The van der Waals surface area contributed by atoms with Crippen LogP contribution in [-0.2, 0) is 0 Å². The number of rotatable bonds is 4. The van der Waals surface area contributed by atoms with Gasteiger partial charge in [0, 0.05) is 30.2 Å². The minimum Gasteiger partial charge on any atom is -0.391 e. The second-order valence-electron chi connectivity index (χ2n) is 5.35. The van der Waals surface area contributed by atoms with Crippen molar-refractivity contribution in [2.75, 3.05) is 32.1 Å². The van der Waals surface area contributed by atoms with Gasteiger partial charge >= 0.3 is 0 Å². The van der Waals surface area contributed by atoms with E-state index in [4.69, 9.17) is 11.6 Å². The van der Waals surface area contributed by atoms with Crippen molar-refractivity contribution in [1.82, 2.24) is 4.90 Å². The van der Waals surface area contributed by atoms with Crippen molar-refractivity contribution in [3.63, 3.8) is 0 Å². The van der Waals surface area contributed by atoms with Crippen LogP contribution in [0.15, 0.2) is 18.2 Å². The van der Waals surface area contributed by atoms with Crippen molar-refractivity contribution >= 4 is 23.0 Å². The number of nitro groups is 1. The molecule has 0 amide bonds. The Bertz CT molecular complexity index is 510. The number of halogens is 1. The maximum Gasteiger partial charge on any atom is 0.292 e. The molecule has 0 bridgehead atoms. The number of aliphatic hydroxyl groups excluding tert-OH is 1. The Balaban J connectivity index is 2.37. The van der Waals surface area contributed by atoms with Crippen molar-refractivity contribution in [2.45, 2.75) is 18.6 Å². The van der Waals surface area contributed by atoms with E-state index in [-0.39, 0.29) is 11.7 Å². The molecule has 2 rings (SSSR count). The van der Waals surface area contributed by atoms with Crippen LogP contribution < -0.4 is 4.90 Å². The minimum absolute atomic E-state index is 0.0206. The van der Waals surface area contributed by atoms with E-state index >= 15 is 0 Å². The summed E-state index contributed by atoms with van der Waals surface area (Å²) in [5.74, 6) is 0. The number of nitro benzene ring substituents is 1. The third-order valence-corrected chi connectivity index (χ3v) is 3.65. The van der Waals surface area contributed by atoms with Gasteiger partial charge in [0.15, 0.2) is 0 Å². The maximum absolute atomic E-state index is 11.2. The molecule has 7 heteroatoms. The van der Waals surface area contributed by atoms with E-state index in [0.717, 1.165) is 6.54 Å². The van der Waals surface area contributed by atoms with Gasteiger partial charge in [-0.1, -0.05) is 11.6 Å². The Morgan fingerprint density at radius 2 is 2.25 bits per heavy atom. The Morgan fingerprint density at radius 3 is 2.85 bits per heavy atom. The molecule has 2 atom stereocenters. The molecule has 1 saturated heterocycles. The number of nitrogens with zero attached hydrogens (tertiary/aromatic N) is 3. The van der Waals surface area contributed by atoms with Crippen molar-refractivity contribution in [3.8, 4) is 0 Å². The van der Waals surface area contributed by atoms with Crippen LogP contribution in [0.25, 0.3) is 0 Å². The molecule has 1 fully saturated rings. The van der Waals surface area contributed by atoms with Gasteiger partial charge in [0.1, 0.15) is 5.69 Å². The summed E-state index contributed by atoms with van der Waals surface area (Å²) in [5, 5.41) is 21.5. The van der Waals surface area contributed by atoms with E-state index in [1.54, 1.807) is 6.07 Å². The van der Waals surface area contributed by atoms with Gasteiger partial charge in [-0.2, -0.15) is 0 Å². The molecule has 6 nitrogen and oxygen atoms in total. The van der Waals surface area contributed by atoms with Gasteiger partial charge in [-0.25, -0.2) is 0 Å². The number of hydrogen-bond donors (Lipinski definition) is 1. The molecule has 0 saturated carbocycles. The Hall–Kier alpha value is -1.37. The highest BCUT2D eigenvalue weighted by Crippen LogP contribution is 2.35. The monoisotopic (exact) mass is 299 g/mol. The average Bonchev–Trinajstić information content (AvgIpc) is 2.68. The molecular weight excluding hydrogens is 282 g/mol. The van der Waals surface area contributed by atoms with Crippen LogP contribution in [0.2, 0.25) is 5.02 Å². The normalized spacial score (nSPS) is 22.6. The molecule has 2 unspecified atom stereocenters. The lowest BCUT2D eigenvalue weighted by Gasteiger charge is -2.28. The lowest BCUT2D eigenvalue weighted by atomic mass is 10.1. The summed E-state index contributed by atoms with van der Waals surface area (Å²) in [4.78, 5) is 14.6. The molecule has 0 aliphatic carbocycles. The molecule has 1 aromatic carbocycles. The third-order valence-electron chi connectivity index (χ3n) is 3.41. The van der Waals surface area contributed by atoms with Crippen LogP contribution in [-0.4, -0.2) is 54.3 Å². The fourth-order valence-corrected chi connectivity index (χ4v) is 2.83. The summed E-state index contributed by atoms with van der Waals surface area (Å²) in [6.45, 7) is 1.11. The summed E-state index contributed by atoms with van der Waals surface area (Å²) in [7, 11) is 3.88. The van der Waals surface area contributed by atoms with Gasteiger partial charge in [0.2, 0.25) is 0 Å². The number of anilines is 1. The molecule has 1 N–H and O–H groups in total. The Morgan fingerprint density at radius 1 is 1.55 bits per heavy atom. The molecule has 0 radical (unpaired) electrons. The molecule has 0 aromatic heterocycles. The van der Waals surface area contributed by atoms with Crippen molar-refractivity contribution < 1.29 is 10.0 Å². The van der Waals surface area contributed by atoms with Gasteiger partial charge in [0.25, 0.3) is 5.69 Å². The smallest absolute Gasteiger partial charge is 0.292 e. The number of hydrogen-bond acceptors (Lipinski definition) is 5. The van der Waals surface area contributed by atoms with Crippen LogP contribution in [0.5, 0.6) is 0 Å². The predicted octanol–water partition coefficient (Wildman–Crippen LogP) is 1.75. The highest BCUT2D eigenvalue weighted by molar-refractivity contribution is 6.31. The molecule has 1 aliphatic rings. The zero-order chi connectivity index (χ0) is 14.9. The number of aliphatic hydroxyl groups is 1. The first-order chi connectivity index (χ1) is 9.38. The Labute approximate surface area is 122 Å². The van der Waals surface area contributed by atoms with Gasteiger partial charge < -0.3 is 14.9 Å². The van der Waals surface area contributed by atoms with Crippen molar-refractivity contribution in [1.29, 1.82) is 0 Å². The molecule has 1 aliphatic heterocycles. The summed E-state index contributed by atoms with van der Waals surface area (Å²) in [6, 6.07) is 4.56. The first-order valence-electron chi connectivity index (χ1n) is 6.42. The van der Waals surface area contributed by atoms with Crippen molar-refractivity contribution in [3.05, 3.63) is 33.3 Å². The van der Waals surface area contributed by atoms with E-state index in [1.807, 2.05) is 23.9 Å². The zero-order valence-corrected chi connectivity index (χ0v) is 12.2. The lowest BCUT2D eigenvalue weighted by Crippen LogP contribution is -2.37. The molecule has 1 aromatic rings. The number of likely N-dealkylation sites (N-methyl/N-ethyl adjacent to an activating group) is 1. The van der Waals surface area contributed by atoms with E-state index in [0.29, 0.717) is 23.7 Å². The van der Waals surface area contributed by atoms with Crippen LogP contribution >= 0.6 is 11.6 Å². The topological polar surface area (TPSA) is 69.8 Å². The second-order valence-corrected chi connectivity index (χ2v) is 5.78. The molecular formula is C13H18ClN3O3. The lowest BCUT2D eigenvalue weighted by molar-refractivity contribution is -0.384. The molecule has 20 heavy (non-hydrogen) atoms.